The minimum absolute atomic E-state index is 0.398. The molecule has 1 aromatic carbocycles. The van der Waals surface area contributed by atoms with Gasteiger partial charge in [-0.3, -0.25) is 4.98 Å². The van der Waals surface area contributed by atoms with E-state index < -0.39 is 0 Å². The highest BCUT2D eigenvalue weighted by Crippen LogP contribution is 2.35. The van der Waals surface area contributed by atoms with Crippen LogP contribution in [0.1, 0.15) is 35.7 Å². The van der Waals surface area contributed by atoms with Crippen molar-refractivity contribution in [2.45, 2.75) is 31.8 Å². The van der Waals surface area contributed by atoms with Crippen molar-refractivity contribution in [2.75, 3.05) is 0 Å². The van der Waals surface area contributed by atoms with Crippen LogP contribution in [0.2, 0.25) is 0 Å². The van der Waals surface area contributed by atoms with Crippen LogP contribution in [0.15, 0.2) is 47.2 Å². The molecule has 2 heterocycles. The SMILES string of the molecule is Brc1ccc2[nH]c3c(c2c1)CCCC3NCc1cccnc1. The number of halogens is 1. The lowest BCUT2D eigenvalue weighted by atomic mass is 9.91. The molecule has 3 aromatic rings. The van der Waals surface area contributed by atoms with E-state index in [0.29, 0.717) is 6.04 Å². The summed E-state index contributed by atoms with van der Waals surface area (Å²) in [6.07, 6.45) is 7.33. The second kappa shape index (κ2) is 5.86. The summed E-state index contributed by atoms with van der Waals surface area (Å²) in [5.41, 5.74) is 5.31. The Morgan fingerprint density at radius 3 is 3.14 bits per heavy atom. The van der Waals surface area contributed by atoms with Crippen LogP contribution >= 0.6 is 15.9 Å². The van der Waals surface area contributed by atoms with Gasteiger partial charge in [-0.1, -0.05) is 22.0 Å². The van der Waals surface area contributed by atoms with Gasteiger partial charge < -0.3 is 10.3 Å². The van der Waals surface area contributed by atoms with Crippen molar-refractivity contribution in [3.63, 3.8) is 0 Å². The number of aromatic amines is 1. The van der Waals surface area contributed by atoms with Crippen molar-refractivity contribution < 1.29 is 0 Å². The molecule has 1 unspecified atom stereocenters. The maximum Gasteiger partial charge on any atom is 0.0478 e. The van der Waals surface area contributed by atoms with Crippen LogP contribution < -0.4 is 5.32 Å². The summed E-state index contributed by atoms with van der Waals surface area (Å²) < 4.78 is 1.15. The first-order valence-corrected chi connectivity index (χ1v) is 8.53. The van der Waals surface area contributed by atoms with Gasteiger partial charge in [0.25, 0.3) is 0 Å². The molecule has 1 aliphatic carbocycles. The van der Waals surface area contributed by atoms with Gasteiger partial charge in [0, 0.05) is 46.0 Å². The zero-order valence-electron chi connectivity index (χ0n) is 12.3. The maximum atomic E-state index is 4.18. The number of aryl methyl sites for hydroxylation is 1. The summed E-state index contributed by atoms with van der Waals surface area (Å²) in [6, 6.07) is 11.0. The van der Waals surface area contributed by atoms with Gasteiger partial charge in [-0.25, -0.2) is 0 Å². The maximum absolute atomic E-state index is 4.18. The van der Waals surface area contributed by atoms with Crippen LogP contribution in [0, 0.1) is 0 Å². The molecule has 4 rings (SSSR count). The molecule has 0 amide bonds. The third kappa shape index (κ3) is 2.57. The Bertz CT molecular complexity index is 795. The number of aromatic nitrogens is 2. The number of hydrogen-bond acceptors (Lipinski definition) is 2. The van der Waals surface area contributed by atoms with E-state index in [-0.39, 0.29) is 0 Å². The fraction of sp³-hybridized carbons (Fsp3) is 0.278. The molecule has 3 nitrogen and oxygen atoms in total. The molecule has 1 aliphatic rings. The molecular weight excluding hydrogens is 338 g/mol. The normalized spacial score (nSPS) is 17.6. The molecule has 0 radical (unpaired) electrons. The van der Waals surface area contributed by atoms with Gasteiger partial charge in [0.2, 0.25) is 0 Å². The van der Waals surface area contributed by atoms with Crippen molar-refractivity contribution >= 4 is 26.8 Å². The number of fused-ring (bicyclic) bond motifs is 3. The Morgan fingerprint density at radius 1 is 1.32 bits per heavy atom. The average Bonchev–Trinajstić information content (AvgIpc) is 2.92. The van der Waals surface area contributed by atoms with Gasteiger partial charge in [-0.05, 0) is 54.7 Å². The first-order chi connectivity index (χ1) is 10.8. The Morgan fingerprint density at radius 2 is 2.27 bits per heavy atom. The fourth-order valence-electron chi connectivity index (χ4n) is 3.38. The first-order valence-electron chi connectivity index (χ1n) is 7.73. The van der Waals surface area contributed by atoms with Crippen LogP contribution in [0.4, 0.5) is 0 Å². The van der Waals surface area contributed by atoms with Gasteiger partial charge in [0.15, 0.2) is 0 Å². The standard InChI is InChI=1S/C18H18BrN3/c19-13-6-7-16-15(9-13)14-4-1-5-17(18(14)22-16)21-11-12-3-2-8-20-10-12/h2-3,6-10,17,21-22H,1,4-5,11H2. The monoisotopic (exact) mass is 355 g/mol. The van der Waals surface area contributed by atoms with Crippen molar-refractivity contribution in [1.29, 1.82) is 0 Å². The average molecular weight is 356 g/mol. The Kier molecular flexibility index (Phi) is 3.72. The Hall–Kier alpha value is -1.65. The van der Waals surface area contributed by atoms with Gasteiger partial charge >= 0.3 is 0 Å². The fourth-order valence-corrected chi connectivity index (χ4v) is 3.74. The highest BCUT2D eigenvalue weighted by atomic mass is 79.9. The van der Waals surface area contributed by atoms with E-state index >= 15 is 0 Å². The van der Waals surface area contributed by atoms with Gasteiger partial charge in [-0.2, -0.15) is 0 Å². The summed E-state index contributed by atoms with van der Waals surface area (Å²) in [6.45, 7) is 0.858. The van der Waals surface area contributed by atoms with E-state index in [4.69, 9.17) is 0 Å². The summed E-state index contributed by atoms with van der Waals surface area (Å²) in [7, 11) is 0. The molecular formula is C18H18BrN3. The van der Waals surface area contributed by atoms with E-state index in [1.807, 2.05) is 18.5 Å². The van der Waals surface area contributed by atoms with Crippen molar-refractivity contribution in [3.05, 3.63) is 64.0 Å². The molecule has 0 saturated carbocycles. The molecule has 0 aliphatic heterocycles. The predicted molar refractivity (Wildman–Crippen MR) is 92.8 cm³/mol. The molecule has 2 N–H and O–H groups in total. The number of pyridine rings is 1. The number of hydrogen-bond donors (Lipinski definition) is 2. The summed E-state index contributed by atoms with van der Waals surface area (Å²) >= 11 is 3.58. The molecule has 112 valence electrons. The van der Waals surface area contributed by atoms with Gasteiger partial charge in [-0.15, -0.1) is 0 Å². The first kappa shape index (κ1) is 14.0. The topological polar surface area (TPSA) is 40.7 Å². The van der Waals surface area contributed by atoms with Crippen molar-refractivity contribution in [3.8, 4) is 0 Å². The third-order valence-corrected chi connectivity index (χ3v) is 4.94. The van der Waals surface area contributed by atoms with Crippen molar-refractivity contribution in [2.24, 2.45) is 0 Å². The number of nitrogens with zero attached hydrogens (tertiary/aromatic N) is 1. The van der Waals surface area contributed by atoms with E-state index in [9.17, 15) is 0 Å². The lowest BCUT2D eigenvalue weighted by molar-refractivity contribution is 0.452. The third-order valence-electron chi connectivity index (χ3n) is 4.44. The second-order valence-corrected chi connectivity index (χ2v) is 6.81. The van der Waals surface area contributed by atoms with Crippen LogP contribution in [-0.4, -0.2) is 9.97 Å². The molecule has 4 heteroatoms. The van der Waals surface area contributed by atoms with Gasteiger partial charge in [0.05, 0.1) is 0 Å². The summed E-state index contributed by atoms with van der Waals surface area (Å²) in [4.78, 5) is 7.81. The molecule has 0 bridgehead atoms. The quantitative estimate of drug-likeness (QED) is 0.726. The predicted octanol–water partition coefficient (Wildman–Crippen LogP) is 4.49. The second-order valence-electron chi connectivity index (χ2n) is 5.89. The highest BCUT2D eigenvalue weighted by molar-refractivity contribution is 9.10. The zero-order chi connectivity index (χ0) is 14.9. The number of nitrogens with one attached hydrogen (secondary N) is 2. The largest absolute Gasteiger partial charge is 0.357 e. The Balaban J connectivity index is 1.63. The molecule has 2 aromatic heterocycles. The smallest absolute Gasteiger partial charge is 0.0478 e. The zero-order valence-corrected chi connectivity index (χ0v) is 13.9. The number of rotatable bonds is 3. The van der Waals surface area contributed by atoms with E-state index in [1.54, 1.807) is 0 Å². The summed E-state index contributed by atoms with van der Waals surface area (Å²) in [5, 5.41) is 5.05. The van der Waals surface area contributed by atoms with Crippen LogP contribution in [0.25, 0.3) is 10.9 Å². The van der Waals surface area contributed by atoms with E-state index in [2.05, 4.69) is 55.5 Å². The van der Waals surface area contributed by atoms with E-state index in [0.717, 1.165) is 17.4 Å². The van der Waals surface area contributed by atoms with Gasteiger partial charge in [0.1, 0.15) is 0 Å². The molecule has 1 atom stereocenters. The minimum atomic E-state index is 0.398. The Labute approximate surface area is 138 Å². The van der Waals surface area contributed by atoms with Crippen LogP contribution in [0.3, 0.4) is 0 Å². The lowest BCUT2D eigenvalue weighted by Gasteiger charge is -2.24. The van der Waals surface area contributed by atoms with Crippen LogP contribution in [-0.2, 0) is 13.0 Å². The molecule has 0 spiro atoms. The molecule has 22 heavy (non-hydrogen) atoms. The number of H-pyrrole nitrogens is 1. The van der Waals surface area contributed by atoms with Crippen molar-refractivity contribution in [1.82, 2.24) is 15.3 Å². The summed E-state index contributed by atoms with van der Waals surface area (Å²) in [5.74, 6) is 0. The molecule has 0 saturated heterocycles. The molecule has 0 fully saturated rings. The van der Waals surface area contributed by atoms with E-state index in [1.165, 1.54) is 40.6 Å². The minimum Gasteiger partial charge on any atom is -0.357 e. The number of benzene rings is 1. The lowest BCUT2D eigenvalue weighted by Crippen LogP contribution is -2.24. The van der Waals surface area contributed by atoms with Crippen LogP contribution in [0.5, 0.6) is 0 Å². The highest BCUT2D eigenvalue weighted by Gasteiger charge is 2.23.